The molecule has 0 aromatic carbocycles. The van der Waals surface area contributed by atoms with Crippen molar-refractivity contribution in [2.45, 2.75) is 55.5 Å². The van der Waals surface area contributed by atoms with Gasteiger partial charge in [-0.25, -0.2) is 19.1 Å². The number of anilines is 2. The highest BCUT2D eigenvalue weighted by Crippen LogP contribution is 2.41. The standard InChI is InChI=1S/C31H38F4N5O4PS/c1-30(2,3)44-29(41)40(27-26(43-5)17-21(18-36-27)45(6,7)42)14-8-10-20-16-25-24(37-23-12-15-38(4)19-22(23)32)11-9-13-39(25)28(20)46-31(33,34)35/h9,11,13,16-18,22-23,37H,12,14-15,19H2,1-7H3/t22-,23+/m0/s1. The van der Waals surface area contributed by atoms with E-state index in [1.165, 1.54) is 36.0 Å². The third kappa shape index (κ3) is 8.90. The lowest BCUT2D eigenvalue weighted by Crippen LogP contribution is -2.46. The Balaban J connectivity index is 1.75. The Morgan fingerprint density at radius 1 is 1.26 bits per heavy atom. The third-order valence-corrected chi connectivity index (χ3v) is 9.38. The molecule has 0 spiro atoms. The topological polar surface area (TPSA) is 88.4 Å². The maximum Gasteiger partial charge on any atom is 0.447 e. The fourth-order valence-corrected chi connectivity index (χ4v) is 6.31. The number of pyridine rings is 2. The van der Waals surface area contributed by atoms with Crippen LogP contribution in [0.25, 0.3) is 5.52 Å². The zero-order valence-electron chi connectivity index (χ0n) is 26.7. The van der Waals surface area contributed by atoms with E-state index in [9.17, 15) is 26.9 Å². The molecule has 1 amide bonds. The van der Waals surface area contributed by atoms with Crippen LogP contribution in [-0.2, 0) is 9.30 Å². The van der Waals surface area contributed by atoms with Crippen LogP contribution in [0.15, 0.2) is 41.7 Å². The fraction of sp³-hybridized carbons (Fsp3) is 0.484. The zero-order chi connectivity index (χ0) is 34.0. The van der Waals surface area contributed by atoms with Gasteiger partial charge in [-0.3, -0.25) is 0 Å². The summed E-state index contributed by atoms with van der Waals surface area (Å²) in [6.45, 7) is 8.81. The van der Waals surface area contributed by atoms with Gasteiger partial charge in [0.1, 0.15) is 23.9 Å². The summed E-state index contributed by atoms with van der Waals surface area (Å²) >= 11 is -0.314. The van der Waals surface area contributed by atoms with E-state index < -0.39 is 36.6 Å². The van der Waals surface area contributed by atoms with Crippen LogP contribution in [0.1, 0.15) is 32.8 Å². The number of likely N-dealkylation sites (tertiary alicyclic amines) is 1. The number of aromatic nitrogens is 2. The summed E-state index contributed by atoms with van der Waals surface area (Å²) in [6, 6.07) is 5.81. The molecule has 2 atom stereocenters. The molecule has 1 fully saturated rings. The molecule has 0 saturated carbocycles. The first kappa shape index (κ1) is 35.5. The van der Waals surface area contributed by atoms with Gasteiger partial charge < -0.3 is 28.7 Å². The highest BCUT2D eigenvalue weighted by molar-refractivity contribution is 8.00. The van der Waals surface area contributed by atoms with Gasteiger partial charge in [-0.05, 0) is 71.8 Å². The number of hydrogen-bond acceptors (Lipinski definition) is 8. The van der Waals surface area contributed by atoms with E-state index in [-0.39, 0.29) is 47.0 Å². The number of carbonyl (C=O) groups is 1. The number of alkyl halides is 4. The lowest BCUT2D eigenvalue weighted by Gasteiger charge is -2.33. The highest BCUT2D eigenvalue weighted by atomic mass is 32.2. The van der Waals surface area contributed by atoms with E-state index >= 15 is 0 Å². The van der Waals surface area contributed by atoms with Crippen molar-refractivity contribution in [3.05, 3.63) is 42.2 Å². The molecular formula is C31H38F4N5O4PS. The second-order valence-corrected chi connectivity index (χ2v) is 16.6. The second-order valence-electron chi connectivity index (χ2n) is 12.3. The smallest absolute Gasteiger partial charge is 0.447 e. The summed E-state index contributed by atoms with van der Waals surface area (Å²) < 4.78 is 81.1. The van der Waals surface area contributed by atoms with Gasteiger partial charge in [-0.1, -0.05) is 11.8 Å². The average molecular weight is 684 g/mol. The van der Waals surface area contributed by atoms with Crippen molar-refractivity contribution in [1.82, 2.24) is 14.3 Å². The molecular weight excluding hydrogens is 645 g/mol. The summed E-state index contributed by atoms with van der Waals surface area (Å²) in [5, 5.41) is 3.44. The van der Waals surface area contributed by atoms with Gasteiger partial charge in [0.2, 0.25) is 0 Å². The first-order chi connectivity index (χ1) is 21.4. The molecule has 9 nitrogen and oxygen atoms in total. The number of ether oxygens (including phenoxy) is 2. The number of hydrogen-bond donors (Lipinski definition) is 1. The van der Waals surface area contributed by atoms with Crippen molar-refractivity contribution in [3.63, 3.8) is 0 Å². The molecule has 0 bridgehead atoms. The van der Waals surface area contributed by atoms with Gasteiger partial charge in [-0.15, -0.1) is 0 Å². The van der Waals surface area contributed by atoms with Crippen molar-refractivity contribution in [2.24, 2.45) is 0 Å². The fourth-order valence-electron chi connectivity index (χ4n) is 4.85. The molecule has 3 aromatic heterocycles. The molecule has 0 unspecified atom stereocenters. The van der Waals surface area contributed by atoms with Crippen molar-refractivity contribution >= 4 is 47.3 Å². The number of methoxy groups -OCH3 is 1. The van der Waals surface area contributed by atoms with E-state index in [0.29, 0.717) is 29.5 Å². The van der Waals surface area contributed by atoms with Crippen molar-refractivity contribution in [1.29, 1.82) is 0 Å². The molecule has 4 rings (SSSR count). The van der Waals surface area contributed by atoms with Crippen LogP contribution < -0.4 is 20.3 Å². The summed E-state index contributed by atoms with van der Waals surface area (Å²) in [4.78, 5) is 20.6. The number of amides is 1. The molecule has 15 heteroatoms. The monoisotopic (exact) mass is 683 g/mol. The van der Waals surface area contributed by atoms with Gasteiger partial charge in [0.15, 0.2) is 11.6 Å². The Morgan fingerprint density at radius 2 is 1.98 bits per heavy atom. The molecule has 3 aromatic rings. The lowest BCUT2D eigenvalue weighted by atomic mass is 10.0. The van der Waals surface area contributed by atoms with E-state index in [2.05, 4.69) is 22.1 Å². The van der Waals surface area contributed by atoms with Crippen LogP contribution in [0, 0.1) is 11.8 Å². The van der Waals surface area contributed by atoms with E-state index in [4.69, 9.17) is 9.47 Å². The second kappa shape index (κ2) is 13.8. The average Bonchev–Trinajstić information content (AvgIpc) is 3.27. The van der Waals surface area contributed by atoms with Crippen LogP contribution in [0.5, 0.6) is 5.75 Å². The predicted molar refractivity (Wildman–Crippen MR) is 174 cm³/mol. The van der Waals surface area contributed by atoms with E-state index in [1.54, 1.807) is 46.2 Å². The largest absolute Gasteiger partial charge is 0.493 e. The summed E-state index contributed by atoms with van der Waals surface area (Å²) in [5.74, 6) is 5.80. The molecule has 1 aliphatic heterocycles. The number of piperidine rings is 1. The van der Waals surface area contributed by atoms with Gasteiger partial charge in [-0.2, -0.15) is 13.2 Å². The first-order valence-corrected chi connectivity index (χ1v) is 17.9. The molecule has 0 aliphatic carbocycles. The van der Waals surface area contributed by atoms with Gasteiger partial charge >= 0.3 is 11.6 Å². The number of thioether (sulfide) groups is 1. The minimum absolute atomic E-state index is 0.0422. The number of fused-ring (bicyclic) bond motifs is 1. The van der Waals surface area contributed by atoms with Crippen molar-refractivity contribution in [2.75, 3.05) is 57.3 Å². The molecule has 0 radical (unpaired) electrons. The number of rotatable bonds is 7. The number of halogens is 4. The Bertz CT molecular complexity index is 1690. The van der Waals surface area contributed by atoms with Crippen LogP contribution >= 0.6 is 18.9 Å². The molecule has 250 valence electrons. The quantitative estimate of drug-likeness (QED) is 0.132. The maximum atomic E-state index is 14.8. The molecule has 46 heavy (non-hydrogen) atoms. The minimum atomic E-state index is -4.62. The summed E-state index contributed by atoms with van der Waals surface area (Å²) in [5.41, 5.74) is -4.56. The molecule has 1 saturated heterocycles. The highest BCUT2D eigenvalue weighted by Gasteiger charge is 2.33. The summed E-state index contributed by atoms with van der Waals surface area (Å²) in [6.07, 6.45) is 1.43. The van der Waals surface area contributed by atoms with Crippen LogP contribution in [0.4, 0.5) is 33.9 Å². The Hall–Kier alpha value is -3.40. The summed E-state index contributed by atoms with van der Waals surface area (Å²) in [7, 11) is 0.489. The molecule has 1 N–H and O–H groups in total. The van der Waals surface area contributed by atoms with Crippen LogP contribution in [-0.4, -0.2) is 90.8 Å². The normalized spacial score (nSPS) is 17.7. The Morgan fingerprint density at radius 3 is 2.59 bits per heavy atom. The van der Waals surface area contributed by atoms with Crippen LogP contribution in [0.2, 0.25) is 0 Å². The number of nitrogens with zero attached hydrogens (tertiary/aromatic N) is 4. The molecule has 1 aliphatic rings. The maximum absolute atomic E-state index is 14.8. The van der Waals surface area contributed by atoms with Gasteiger partial charge in [0.05, 0.1) is 36.5 Å². The van der Waals surface area contributed by atoms with Crippen molar-refractivity contribution < 1.29 is 36.4 Å². The predicted octanol–water partition coefficient (Wildman–Crippen LogP) is 6.45. The van der Waals surface area contributed by atoms with Gasteiger partial charge in [0, 0.05) is 42.5 Å². The first-order valence-electron chi connectivity index (χ1n) is 14.4. The van der Waals surface area contributed by atoms with Crippen molar-refractivity contribution in [3.8, 4) is 17.6 Å². The Labute approximate surface area is 270 Å². The number of carbonyl (C=O) groups excluding carboxylic acids is 1. The minimum Gasteiger partial charge on any atom is -0.493 e. The van der Waals surface area contributed by atoms with E-state index in [0.717, 1.165) is 4.90 Å². The third-order valence-electron chi connectivity index (χ3n) is 7.05. The molecule has 4 heterocycles. The van der Waals surface area contributed by atoms with Gasteiger partial charge in [0.25, 0.3) is 0 Å². The van der Waals surface area contributed by atoms with E-state index in [1.807, 2.05) is 11.9 Å². The lowest BCUT2D eigenvalue weighted by molar-refractivity contribution is -0.0330. The Kier molecular flexibility index (Phi) is 10.6. The van der Waals surface area contributed by atoms with Crippen LogP contribution in [0.3, 0.4) is 0 Å². The SMILES string of the molecule is COc1cc(P(C)(C)=O)cnc1N(CC#Cc1cc2c(N[C@@H]3CCN(C)C[C@@H]3F)cccn2c1SC(F)(F)F)C(=O)OC(C)(C)C. The zero-order valence-corrected chi connectivity index (χ0v) is 28.4. The number of nitrogens with one attached hydrogen (secondary N) is 1.